The van der Waals surface area contributed by atoms with Gasteiger partial charge in [-0.2, -0.15) is 16.1 Å². The van der Waals surface area contributed by atoms with E-state index in [0.29, 0.717) is 13.0 Å². The summed E-state index contributed by atoms with van der Waals surface area (Å²) in [5.74, 6) is -2.39. The number of thioether (sulfide) groups is 1. The quantitative estimate of drug-likeness (QED) is 0.103. The summed E-state index contributed by atoms with van der Waals surface area (Å²) in [6, 6.07) is 4.67. The Labute approximate surface area is 244 Å². The number of ether oxygens (including phenoxy) is 4. The maximum atomic E-state index is 12.5. The van der Waals surface area contributed by atoms with Gasteiger partial charge >= 0.3 is 17.9 Å². The highest BCUT2D eigenvalue weighted by Crippen LogP contribution is 2.27. The van der Waals surface area contributed by atoms with Gasteiger partial charge < -0.3 is 18.9 Å². The molecule has 1 aliphatic rings. The summed E-state index contributed by atoms with van der Waals surface area (Å²) in [6.45, 7) is 6.75. The number of hydrogen-bond donors (Lipinski definition) is 0. The van der Waals surface area contributed by atoms with Gasteiger partial charge in [-0.3, -0.25) is 19.2 Å². The number of imide groups is 1. The van der Waals surface area contributed by atoms with Crippen LogP contribution in [-0.4, -0.2) is 86.0 Å². The predicted molar refractivity (Wildman–Crippen MR) is 148 cm³/mol. The van der Waals surface area contributed by atoms with Crippen LogP contribution in [0.5, 0.6) is 0 Å². The molecule has 0 spiro atoms. The van der Waals surface area contributed by atoms with Crippen molar-refractivity contribution in [2.75, 3.05) is 38.8 Å². The fourth-order valence-electron chi connectivity index (χ4n) is 3.38. The van der Waals surface area contributed by atoms with Gasteiger partial charge in [-0.15, -0.1) is 0 Å². The van der Waals surface area contributed by atoms with Gasteiger partial charge in [-0.25, -0.2) is 13.2 Å². The summed E-state index contributed by atoms with van der Waals surface area (Å²) in [4.78, 5) is 58.9. The van der Waals surface area contributed by atoms with Crippen LogP contribution in [-0.2, 0) is 48.1 Å². The van der Waals surface area contributed by atoms with Crippen molar-refractivity contribution < 1.29 is 51.3 Å². The maximum absolute atomic E-state index is 12.5. The van der Waals surface area contributed by atoms with E-state index in [1.165, 1.54) is 12.1 Å². The number of carbonyl (C=O) groups excluding carboxylic acids is 5. The van der Waals surface area contributed by atoms with E-state index in [0.717, 1.165) is 24.3 Å². The third-order valence-corrected chi connectivity index (χ3v) is 9.23. The van der Waals surface area contributed by atoms with E-state index >= 15 is 0 Å². The molecule has 0 bridgehead atoms. The van der Waals surface area contributed by atoms with Gasteiger partial charge in [0.25, 0.3) is 10.0 Å². The Hall–Kier alpha value is -2.97. The Kier molecular flexibility index (Phi) is 13.7. The van der Waals surface area contributed by atoms with E-state index in [2.05, 4.69) is 20.8 Å². The molecule has 2 rings (SSSR count). The van der Waals surface area contributed by atoms with Crippen molar-refractivity contribution in [3.05, 3.63) is 29.8 Å². The molecule has 1 heterocycles. The zero-order chi connectivity index (χ0) is 30.5. The Balaban J connectivity index is 1.54. The SMILES string of the molecule is CCC(C)(C)SCCOC(=O)CCCC(=O)OCCOCCOC(=O)c1ccc(S(=O)(=O)N2C(=O)CCC2=O)cc1. The van der Waals surface area contributed by atoms with E-state index in [-0.39, 0.29) is 77.6 Å². The summed E-state index contributed by atoms with van der Waals surface area (Å²) in [5.41, 5.74) is 0.0696. The average Bonchev–Trinajstić information content (AvgIpc) is 3.28. The molecule has 1 aromatic rings. The van der Waals surface area contributed by atoms with Gasteiger partial charge in [0.1, 0.15) is 19.8 Å². The van der Waals surface area contributed by atoms with Gasteiger partial charge in [-0.1, -0.05) is 20.8 Å². The van der Waals surface area contributed by atoms with Crippen LogP contribution in [0.4, 0.5) is 0 Å². The number of nitrogens with zero attached hydrogens (tertiary/aromatic N) is 1. The lowest BCUT2D eigenvalue weighted by Gasteiger charge is -2.21. The zero-order valence-corrected chi connectivity index (χ0v) is 25.2. The Bertz CT molecular complexity index is 1160. The predicted octanol–water partition coefficient (Wildman–Crippen LogP) is 2.88. The van der Waals surface area contributed by atoms with Crippen molar-refractivity contribution in [1.29, 1.82) is 0 Å². The minimum atomic E-state index is -4.33. The minimum absolute atomic E-state index is 0.000374. The average molecular weight is 616 g/mol. The van der Waals surface area contributed by atoms with Crippen molar-refractivity contribution in [3.8, 4) is 0 Å². The molecule has 228 valence electrons. The molecule has 41 heavy (non-hydrogen) atoms. The summed E-state index contributed by atoms with van der Waals surface area (Å²) >= 11 is 1.75. The number of rotatable bonds is 18. The van der Waals surface area contributed by atoms with E-state index < -0.39 is 33.8 Å². The van der Waals surface area contributed by atoms with Gasteiger partial charge in [0.15, 0.2) is 0 Å². The number of carbonyl (C=O) groups is 5. The highest BCUT2D eigenvalue weighted by Gasteiger charge is 2.39. The van der Waals surface area contributed by atoms with Crippen molar-refractivity contribution in [2.45, 2.75) is 68.9 Å². The molecule has 1 fully saturated rings. The van der Waals surface area contributed by atoms with Crippen LogP contribution >= 0.6 is 11.8 Å². The second-order valence-electron chi connectivity index (χ2n) is 9.59. The molecular formula is C27H37NO11S2. The normalized spacial score (nSPS) is 13.8. The second-order valence-corrected chi connectivity index (χ2v) is 13.2. The molecule has 0 radical (unpaired) electrons. The molecule has 1 aromatic carbocycles. The summed E-state index contributed by atoms with van der Waals surface area (Å²) in [5, 5.41) is 0. The van der Waals surface area contributed by atoms with Crippen molar-refractivity contribution >= 4 is 51.5 Å². The number of hydrogen-bond acceptors (Lipinski definition) is 12. The fourth-order valence-corrected chi connectivity index (χ4v) is 5.72. The summed E-state index contributed by atoms with van der Waals surface area (Å²) < 4.78 is 46.0. The Morgan fingerprint density at radius 1 is 0.854 bits per heavy atom. The highest BCUT2D eigenvalue weighted by molar-refractivity contribution is 8.00. The van der Waals surface area contributed by atoms with Crippen LogP contribution in [0.2, 0.25) is 0 Å². The molecule has 14 heteroatoms. The molecule has 0 unspecified atom stereocenters. The maximum Gasteiger partial charge on any atom is 0.338 e. The molecule has 2 amide bonds. The van der Waals surface area contributed by atoms with Crippen LogP contribution in [0.1, 0.15) is 69.7 Å². The topological polar surface area (TPSA) is 160 Å². The number of amides is 2. The number of benzene rings is 1. The van der Waals surface area contributed by atoms with Gasteiger partial charge in [-0.05, 0) is 37.1 Å². The minimum Gasteiger partial charge on any atom is -0.465 e. The Morgan fingerprint density at radius 3 is 1.95 bits per heavy atom. The van der Waals surface area contributed by atoms with Crippen molar-refractivity contribution in [2.24, 2.45) is 0 Å². The third kappa shape index (κ3) is 11.4. The van der Waals surface area contributed by atoms with E-state index in [1.54, 1.807) is 11.8 Å². The largest absolute Gasteiger partial charge is 0.465 e. The number of sulfonamides is 1. The third-order valence-electron chi connectivity index (χ3n) is 6.04. The smallest absolute Gasteiger partial charge is 0.338 e. The zero-order valence-electron chi connectivity index (χ0n) is 23.5. The number of esters is 3. The molecule has 0 atom stereocenters. The first kappa shape index (κ1) is 34.2. The lowest BCUT2D eigenvalue weighted by atomic mass is 10.1. The molecule has 0 aliphatic carbocycles. The van der Waals surface area contributed by atoms with E-state index in [9.17, 15) is 32.4 Å². The first-order valence-electron chi connectivity index (χ1n) is 13.3. The van der Waals surface area contributed by atoms with Gasteiger partial charge in [0.2, 0.25) is 11.8 Å². The van der Waals surface area contributed by atoms with Crippen LogP contribution < -0.4 is 0 Å². The fraction of sp³-hybridized carbons (Fsp3) is 0.593. The first-order valence-corrected chi connectivity index (χ1v) is 15.7. The summed E-state index contributed by atoms with van der Waals surface area (Å²) in [6.07, 6.45) is 1.23. The molecule has 12 nitrogen and oxygen atoms in total. The van der Waals surface area contributed by atoms with Crippen LogP contribution in [0, 0.1) is 0 Å². The van der Waals surface area contributed by atoms with E-state index in [1.807, 2.05) is 0 Å². The van der Waals surface area contributed by atoms with E-state index in [4.69, 9.17) is 18.9 Å². The molecule has 1 saturated heterocycles. The molecule has 0 saturated carbocycles. The van der Waals surface area contributed by atoms with Crippen LogP contribution in [0.3, 0.4) is 0 Å². The van der Waals surface area contributed by atoms with Crippen LogP contribution in [0.15, 0.2) is 29.2 Å². The standard InChI is InChI=1S/C27H37NO11S2/c1-4-27(2,3)40-19-18-38-25(32)7-5-6-24(31)37-16-14-36-15-17-39-26(33)20-8-10-21(11-9-20)41(34,35)28-22(29)12-13-23(28)30/h8-11H,4-7,12-19H2,1-3H3. The summed E-state index contributed by atoms with van der Waals surface area (Å²) in [7, 11) is -4.33. The molecule has 0 aromatic heterocycles. The monoisotopic (exact) mass is 615 g/mol. The molecule has 1 aliphatic heterocycles. The van der Waals surface area contributed by atoms with Crippen molar-refractivity contribution in [1.82, 2.24) is 4.31 Å². The van der Waals surface area contributed by atoms with Crippen molar-refractivity contribution in [3.63, 3.8) is 0 Å². The first-order chi connectivity index (χ1) is 19.4. The lowest BCUT2D eigenvalue weighted by molar-refractivity contribution is -0.146. The molecular weight excluding hydrogens is 578 g/mol. The highest BCUT2D eigenvalue weighted by atomic mass is 32.2. The Morgan fingerprint density at radius 2 is 1.39 bits per heavy atom. The lowest BCUT2D eigenvalue weighted by Crippen LogP contribution is -2.35. The second kappa shape index (κ2) is 16.5. The van der Waals surface area contributed by atoms with Crippen LogP contribution in [0.25, 0.3) is 0 Å². The van der Waals surface area contributed by atoms with Gasteiger partial charge in [0.05, 0.1) is 23.7 Å². The molecule has 0 N–H and O–H groups in total. The van der Waals surface area contributed by atoms with Gasteiger partial charge in [0, 0.05) is 36.2 Å².